The fourth-order valence-electron chi connectivity index (χ4n) is 0.183. The molecule has 0 unspecified atom stereocenters. The molecule has 0 aliphatic heterocycles. The average Bonchev–Trinajstić information content (AvgIpc) is 1.35. The second kappa shape index (κ2) is 2.78. The second-order valence-electron chi connectivity index (χ2n) is 0.971. The highest BCUT2D eigenvalue weighted by atomic mass is 28.1. The highest BCUT2D eigenvalue weighted by Crippen LogP contribution is 1.79. The van der Waals surface area contributed by atoms with E-state index in [0.717, 1.165) is 16.3 Å². The van der Waals surface area contributed by atoms with Gasteiger partial charge in [0, 0.05) is 10.2 Å². The van der Waals surface area contributed by atoms with Gasteiger partial charge in [-0.3, -0.25) is 0 Å². The van der Waals surface area contributed by atoms with Crippen LogP contribution in [-0.4, -0.2) is 20.5 Å². The molecule has 0 rings (SSSR count). The predicted molar refractivity (Wildman–Crippen MR) is 28.1 cm³/mol. The number of aliphatic hydroxyl groups is 2. The quantitative estimate of drug-likeness (QED) is 0.355. The van der Waals surface area contributed by atoms with Crippen LogP contribution in [0, 0.1) is 0 Å². The van der Waals surface area contributed by atoms with Crippen LogP contribution in [0.3, 0.4) is 0 Å². The normalized spacial score (nSPS) is 8.00. The van der Waals surface area contributed by atoms with Crippen molar-refractivity contribution >= 4 is 10.2 Å². The minimum absolute atomic E-state index is 0.551. The zero-order chi connectivity index (χ0) is 4.99. The Hall–Kier alpha value is -0.443. The lowest BCUT2D eigenvalue weighted by Crippen LogP contribution is -1.72. The lowest BCUT2D eigenvalue weighted by molar-refractivity contribution is 0.190. The van der Waals surface area contributed by atoms with Gasteiger partial charge in [0.15, 0.2) is 0 Å². The summed E-state index contributed by atoms with van der Waals surface area (Å²) in [6.07, 6.45) is 1.38. The summed E-state index contributed by atoms with van der Waals surface area (Å²) < 4.78 is 0. The first-order chi connectivity index (χ1) is 2.77. The first kappa shape index (κ1) is 5.56. The van der Waals surface area contributed by atoms with E-state index in [4.69, 9.17) is 10.2 Å². The molecular weight excluding hydrogens is 96.1 g/mol. The Morgan fingerprint density at radius 1 is 1.67 bits per heavy atom. The molecule has 0 atom stereocenters. The first-order valence-electron chi connectivity index (χ1n) is 1.85. The van der Waals surface area contributed by atoms with Crippen LogP contribution in [0.2, 0.25) is 6.04 Å². The zero-order valence-corrected chi connectivity index (χ0v) is 5.68. The van der Waals surface area contributed by atoms with Gasteiger partial charge in [-0.2, -0.15) is 0 Å². The Labute approximate surface area is 39.5 Å². The maximum atomic E-state index is 7.99. The Morgan fingerprint density at radius 2 is 2.17 bits per heavy atom. The lowest BCUT2D eigenvalue weighted by atomic mass is 10.7. The molecule has 0 aromatic rings. The van der Waals surface area contributed by atoms with Crippen LogP contribution in [0.5, 0.6) is 0 Å². The maximum absolute atomic E-state index is 7.99. The monoisotopic (exact) mass is 104 g/mol. The summed E-state index contributed by atoms with van der Waals surface area (Å²) in [6.45, 7) is 0. The SMILES string of the molecule is OC(O)=CC[SiH3]. The van der Waals surface area contributed by atoms with Crippen LogP contribution in [0.25, 0.3) is 0 Å². The summed E-state index contributed by atoms with van der Waals surface area (Å²) in [7, 11) is 0.990. The molecule has 0 aliphatic carbocycles. The molecule has 0 amide bonds. The van der Waals surface area contributed by atoms with E-state index in [0.29, 0.717) is 0 Å². The molecule has 0 aliphatic rings. The molecule has 3 heteroatoms. The average molecular weight is 104 g/mol. The van der Waals surface area contributed by atoms with Gasteiger partial charge in [0.1, 0.15) is 0 Å². The van der Waals surface area contributed by atoms with E-state index < -0.39 is 5.95 Å². The third-order valence-electron chi connectivity index (χ3n) is 0.387. The van der Waals surface area contributed by atoms with Crippen molar-refractivity contribution in [3.63, 3.8) is 0 Å². The summed E-state index contributed by atoms with van der Waals surface area (Å²) in [4.78, 5) is 0. The summed E-state index contributed by atoms with van der Waals surface area (Å²) in [5, 5.41) is 16.0. The van der Waals surface area contributed by atoms with Crippen molar-refractivity contribution in [1.82, 2.24) is 0 Å². The van der Waals surface area contributed by atoms with Crippen molar-refractivity contribution < 1.29 is 10.2 Å². The van der Waals surface area contributed by atoms with Crippen LogP contribution in [0.1, 0.15) is 0 Å². The highest BCUT2D eigenvalue weighted by Gasteiger charge is 1.73. The number of aliphatic hydroxyl groups excluding tert-OH is 1. The third-order valence-corrected chi connectivity index (χ3v) is 0.795. The molecule has 2 nitrogen and oxygen atoms in total. The Morgan fingerprint density at radius 3 is 2.17 bits per heavy atom. The molecule has 0 fully saturated rings. The summed E-state index contributed by atoms with van der Waals surface area (Å²) >= 11 is 0. The summed E-state index contributed by atoms with van der Waals surface area (Å²) in [5.41, 5.74) is 0. The highest BCUT2D eigenvalue weighted by molar-refractivity contribution is 6.09. The standard InChI is InChI=1S/C3H8O2Si/c4-3(5)1-2-6/h1,4-5H,2H2,6H3. The van der Waals surface area contributed by atoms with E-state index >= 15 is 0 Å². The van der Waals surface area contributed by atoms with Crippen molar-refractivity contribution in [2.75, 3.05) is 0 Å². The number of hydrogen-bond acceptors (Lipinski definition) is 2. The lowest BCUT2D eigenvalue weighted by Gasteiger charge is -1.79. The molecule has 6 heavy (non-hydrogen) atoms. The van der Waals surface area contributed by atoms with E-state index in [1.807, 2.05) is 0 Å². The molecule has 0 saturated heterocycles. The Bertz CT molecular complexity index is 55.8. The van der Waals surface area contributed by atoms with Crippen molar-refractivity contribution in [2.45, 2.75) is 6.04 Å². The molecular formula is C3H8O2Si. The van der Waals surface area contributed by atoms with Crippen LogP contribution < -0.4 is 0 Å². The van der Waals surface area contributed by atoms with Gasteiger partial charge in [0.2, 0.25) is 0 Å². The minimum Gasteiger partial charge on any atom is -0.481 e. The smallest absolute Gasteiger partial charge is 0.269 e. The van der Waals surface area contributed by atoms with Crippen molar-refractivity contribution in [1.29, 1.82) is 0 Å². The Balaban J connectivity index is 3.14. The van der Waals surface area contributed by atoms with E-state index in [9.17, 15) is 0 Å². The van der Waals surface area contributed by atoms with Crippen molar-refractivity contribution in [3.8, 4) is 0 Å². The molecule has 0 spiro atoms. The second-order valence-corrected chi connectivity index (χ2v) is 1.79. The molecule has 0 bridgehead atoms. The third kappa shape index (κ3) is 3.56. The van der Waals surface area contributed by atoms with Crippen LogP contribution in [0.4, 0.5) is 0 Å². The van der Waals surface area contributed by atoms with Crippen molar-refractivity contribution in [2.24, 2.45) is 0 Å². The number of allylic oxidation sites excluding steroid dienone is 1. The van der Waals surface area contributed by atoms with E-state index in [1.54, 1.807) is 0 Å². The molecule has 0 radical (unpaired) electrons. The van der Waals surface area contributed by atoms with Gasteiger partial charge >= 0.3 is 0 Å². The molecule has 0 aromatic carbocycles. The van der Waals surface area contributed by atoms with Crippen LogP contribution in [-0.2, 0) is 0 Å². The van der Waals surface area contributed by atoms with E-state index in [-0.39, 0.29) is 0 Å². The van der Waals surface area contributed by atoms with Crippen molar-refractivity contribution in [3.05, 3.63) is 12.0 Å². The van der Waals surface area contributed by atoms with Gasteiger partial charge in [-0.25, -0.2) is 0 Å². The molecule has 0 saturated carbocycles. The first-order valence-corrected chi connectivity index (χ1v) is 3.27. The summed E-state index contributed by atoms with van der Waals surface area (Å²) in [5.74, 6) is -0.551. The Kier molecular flexibility index (Phi) is 2.57. The van der Waals surface area contributed by atoms with Gasteiger partial charge in [-0.05, 0) is 12.1 Å². The zero-order valence-electron chi connectivity index (χ0n) is 3.68. The minimum atomic E-state index is -0.551. The van der Waals surface area contributed by atoms with Gasteiger partial charge in [0.05, 0.1) is 0 Å². The number of hydrogen-bond donors (Lipinski definition) is 2. The van der Waals surface area contributed by atoms with Gasteiger partial charge < -0.3 is 10.2 Å². The molecule has 2 N–H and O–H groups in total. The molecule has 36 valence electrons. The number of rotatable bonds is 1. The van der Waals surface area contributed by atoms with Gasteiger partial charge in [-0.1, -0.05) is 0 Å². The van der Waals surface area contributed by atoms with Crippen LogP contribution in [0.15, 0.2) is 12.0 Å². The fourth-order valence-corrected chi connectivity index (χ4v) is 0.548. The largest absolute Gasteiger partial charge is 0.481 e. The van der Waals surface area contributed by atoms with Gasteiger partial charge in [0.25, 0.3) is 5.95 Å². The van der Waals surface area contributed by atoms with E-state index in [1.165, 1.54) is 6.08 Å². The molecule has 0 heterocycles. The van der Waals surface area contributed by atoms with Gasteiger partial charge in [-0.15, -0.1) is 0 Å². The predicted octanol–water partition coefficient (Wildman–Crippen LogP) is -0.273. The molecule has 0 aromatic heterocycles. The maximum Gasteiger partial charge on any atom is 0.269 e. The van der Waals surface area contributed by atoms with E-state index in [2.05, 4.69) is 0 Å². The summed E-state index contributed by atoms with van der Waals surface area (Å²) in [6, 6.07) is 0.808. The van der Waals surface area contributed by atoms with Crippen LogP contribution >= 0.6 is 0 Å². The fraction of sp³-hybridized carbons (Fsp3) is 0.333. The topological polar surface area (TPSA) is 40.5 Å².